The van der Waals surface area contributed by atoms with Crippen molar-refractivity contribution < 1.29 is 18.1 Å². The summed E-state index contributed by atoms with van der Waals surface area (Å²) in [7, 11) is 0. The van der Waals surface area contributed by atoms with E-state index in [4.69, 9.17) is 4.42 Å². The molecule has 1 aromatic carbocycles. The first kappa shape index (κ1) is 13.0. The molecule has 2 aromatic rings. The Hall–Kier alpha value is -2.44. The standard InChI is InChI=1S/C12H10F2N2O3/c1-7-2-3-8(19-7)6-15-12-10(16(17)18)5-4-9(13)11(12)14/h2-5,15H,6H2,1H3. The Morgan fingerprint density at radius 3 is 2.63 bits per heavy atom. The summed E-state index contributed by atoms with van der Waals surface area (Å²) in [5.74, 6) is -1.30. The molecule has 0 amide bonds. The van der Waals surface area contributed by atoms with Crippen LogP contribution in [0.25, 0.3) is 0 Å². The zero-order valence-electron chi connectivity index (χ0n) is 9.94. The van der Waals surface area contributed by atoms with Crippen LogP contribution in [0.5, 0.6) is 0 Å². The average molecular weight is 268 g/mol. The third-order valence-electron chi connectivity index (χ3n) is 2.50. The summed E-state index contributed by atoms with van der Waals surface area (Å²) in [6.07, 6.45) is 0. The first-order valence-corrected chi connectivity index (χ1v) is 5.40. The number of benzene rings is 1. The molecule has 7 heteroatoms. The second-order valence-corrected chi connectivity index (χ2v) is 3.88. The van der Waals surface area contributed by atoms with Gasteiger partial charge in [0.2, 0.25) is 0 Å². The molecule has 0 radical (unpaired) electrons. The normalized spacial score (nSPS) is 10.5. The molecule has 1 N–H and O–H groups in total. The molecule has 100 valence electrons. The minimum Gasteiger partial charge on any atom is -0.465 e. The number of nitrogens with one attached hydrogen (secondary N) is 1. The van der Waals surface area contributed by atoms with E-state index in [0.717, 1.165) is 12.1 Å². The first-order chi connectivity index (χ1) is 8.99. The summed E-state index contributed by atoms with van der Waals surface area (Å²) in [5, 5.41) is 13.2. The van der Waals surface area contributed by atoms with E-state index in [1.165, 1.54) is 0 Å². The molecule has 0 aliphatic rings. The highest BCUT2D eigenvalue weighted by atomic mass is 19.2. The van der Waals surface area contributed by atoms with Crippen molar-refractivity contribution in [2.24, 2.45) is 0 Å². The topological polar surface area (TPSA) is 68.3 Å². The van der Waals surface area contributed by atoms with Gasteiger partial charge in [-0.05, 0) is 25.1 Å². The molecule has 0 atom stereocenters. The van der Waals surface area contributed by atoms with Crippen LogP contribution < -0.4 is 5.32 Å². The second kappa shape index (κ2) is 5.05. The van der Waals surface area contributed by atoms with Crippen LogP contribution in [0.1, 0.15) is 11.5 Å². The second-order valence-electron chi connectivity index (χ2n) is 3.88. The number of furan rings is 1. The molecule has 0 saturated heterocycles. The van der Waals surface area contributed by atoms with Crippen molar-refractivity contribution >= 4 is 11.4 Å². The number of nitro benzene ring substituents is 1. The van der Waals surface area contributed by atoms with E-state index >= 15 is 0 Å². The van der Waals surface area contributed by atoms with Crippen LogP contribution in [0.15, 0.2) is 28.7 Å². The Kier molecular flexibility index (Phi) is 3.46. The van der Waals surface area contributed by atoms with Crippen LogP contribution in [0.4, 0.5) is 20.2 Å². The maximum atomic E-state index is 13.6. The van der Waals surface area contributed by atoms with Gasteiger partial charge in [0, 0.05) is 6.07 Å². The van der Waals surface area contributed by atoms with Crippen LogP contribution in [0.3, 0.4) is 0 Å². The summed E-state index contributed by atoms with van der Waals surface area (Å²) >= 11 is 0. The van der Waals surface area contributed by atoms with Crippen molar-refractivity contribution in [3.05, 3.63) is 57.5 Å². The highest BCUT2D eigenvalue weighted by Gasteiger charge is 2.21. The molecular formula is C12H10F2N2O3. The van der Waals surface area contributed by atoms with Crippen LogP contribution in [-0.4, -0.2) is 4.92 Å². The molecule has 0 saturated carbocycles. The molecule has 1 aromatic heterocycles. The monoisotopic (exact) mass is 268 g/mol. The van der Waals surface area contributed by atoms with E-state index in [1.54, 1.807) is 19.1 Å². The van der Waals surface area contributed by atoms with E-state index in [2.05, 4.69) is 5.32 Å². The SMILES string of the molecule is Cc1ccc(CNc2c([N+](=O)[O-])ccc(F)c2F)o1. The maximum absolute atomic E-state index is 13.6. The largest absolute Gasteiger partial charge is 0.465 e. The molecule has 1 heterocycles. The Morgan fingerprint density at radius 1 is 1.32 bits per heavy atom. The Bertz CT molecular complexity index is 625. The van der Waals surface area contributed by atoms with Crippen LogP contribution in [0, 0.1) is 28.7 Å². The van der Waals surface area contributed by atoms with Crippen molar-refractivity contribution in [3.8, 4) is 0 Å². The highest BCUT2D eigenvalue weighted by molar-refractivity contribution is 5.62. The van der Waals surface area contributed by atoms with Crippen molar-refractivity contribution in [2.75, 3.05) is 5.32 Å². The van der Waals surface area contributed by atoms with Crippen LogP contribution in [-0.2, 0) is 6.54 Å². The Labute approximate surface area is 107 Å². The highest BCUT2D eigenvalue weighted by Crippen LogP contribution is 2.29. The number of nitro groups is 1. The van der Waals surface area contributed by atoms with Gasteiger partial charge in [0.1, 0.15) is 11.5 Å². The van der Waals surface area contributed by atoms with Crippen molar-refractivity contribution in [3.63, 3.8) is 0 Å². The summed E-state index contributed by atoms with van der Waals surface area (Å²) < 4.78 is 31.9. The van der Waals surface area contributed by atoms with Crippen LogP contribution >= 0.6 is 0 Å². The predicted octanol–water partition coefficient (Wildman–Crippen LogP) is 3.39. The number of rotatable bonds is 4. The van der Waals surface area contributed by atoms with Crippen LogP contribution in [0.2, 0.25) is 0 Å². The van der Waals surface area contributed by atoms with Crippen molar-refractivity contribution in [2.45, 2.75) is 13.5 Å². The molecule has 2 rings (SSSR count). The van der Waals surface area contributed by atoms with Gasteiger partial charge in [-0.3, -0.25) is 10.1 Å². The van der Waals surface area contributed by atoms with E-state index < -0.39 is 27.9 Å². The third-order valence-corrected chi connectivity index (χ3v) is 2.50. The molecule has 0 spiro atoms. The van der Waals surface area contributed by atoms with Crippen molar-refractivity contribution in [1.29, 1.82) is 0 Å². The quantitative estimate of drug-likeness (QED) is 0.681. The van der Waals surface area contributed by atoms with Gasteiger partial charge in [0.05, 0.1) is 11.5 Å². The molecule has 0 unspecified atom stereocenters. The van der Waals surface area contributed by atoms with Crippen molar-refractivity contribution in [1.82, 2.24) is 0 Å². The number of nitrogens with zero attached hydrogens (tertiary/aromatic N) is 1. The fraction of sp³-hybridized carbons (Fsp3) is 0.167. The number of hydrogen-bond acceptors (Lipinski definition) is 4. The van der Waals surface area contributed by atoms with Gasteiger partial charge in [-0.25, -0.2) is 8.78 Å². The Morgan fingerprint density at radius 2 is 2.05 bits per heavy atom. The van der Waals surface area contributed by atoms with Gasteiger partial charge < -0.3 is 9.73 Å². The minimum atomic E-state index is -1.28. The lowest BCUT2D eigenvalue weighted by Crippen LogP contribution is -2.05. The number of anilines is 1. The molecule has 0 aliphatic heterocycles. The maximum Gasteiger partial charge on any atom is 0.295 e. The molecule has 0 fully saturated rings. The average Bonchev–Trinajstić information content (AvgIpc) is 2.76. The molecule has 0 aliphatic carbocycles. The molecular weight excluding hydrogens is 258 g/mol. The Balaban J connectivity index is 2.28. The van der Waals surface area contributed by atoms with Gasteiger partial charge in [-0.1, -0.05) is 0 Å². The minimum absolute atomic E-state index is 0.0229. The first-order valence-electron chi connectivity index (χ1n) is 5.40. The van der Waals surface area contributed by atoms with E-state index in [0.29, 0.717) is 11.5 Å². The predicted molar refractivity (Wildman–Crippen MR) is 63.8 cm³/mol. The zero-order valence-corrected chi connectivity index (χ0v) is 9.94. The molecule has 5 nitrogen and oxygen atoms in total. The lowest BCUT2D eigenvalue weighted by Gasteiger charge is -2.07. The van der Waals surface area contributed by atoms with Gasteiger partial charge in [-0.15, -0.1) is 0 Å². The summed E-state index contributed by atoms with van der Waals surface area (Å²) in [6, 6.07) is 4.97. The molecule has 19 heavy (non-hydrogen) atoms. The third kappa shape index (κ3) is 2.70. The number of halogens is 2. The number of hydrogen-bond donors (Lipinski definition) is 1. The fourth-order valence-corrected chi connectivity index (χ4v) is 1.62. The fourth-order valence-electron chi connectivity index (χ4n) is 1.62. The summed E-state index contributed by atoms with van der Waals surface area (Å²) in [6.45, 7) is 1.75. The van der Waals surface area contributed by atoms with Gasteiger partial charge in [0.25, 0.3) is 5.69 Å². The lowest BCUT2D eigenvalue weighted by molar-refractivity contribution is -0.384. The zero-order chi connectivity index (χ0) is 14.0. The van der Waals surface area contributed by atoms with E-state index in [1.807, 2.05) is 0 Å². The number of aryl methyl sites for hydroxylation is 1. The smallest absolute Gasteiger partial charge is 0.295 e. The molecule has 0 bridgehead atoms. The van der Waals surface area contributed by atoms with E-state index in [-0.39, 0.29) is 6.54 Å². The van der Waals surface area contributed by atoms with Gasteiger partial charge in [0.15, 0.2) is 17.3 Å². The van der Waals surface area contributed by atoms with Gasteiger partial charge in [-0.2, -0.15) is 0 Å². The lowest BCUT2D eigenvalue weighted by atomic mass is 10.2. The van der Waals surface area contributed by atoms with Gasteiger partial charge >= 0.3 is 0 Å². The van der Waals surface area contributed by atoms with E-state index in [9.17, 15) is 18.9 Å². The summed E-state index contributed by atoms with van der Waals surface area (Å²) in [4.78, 5) is 9.97. The summed E-state index contributed by atoms with van der Waals surface area (Å²) in [5.41, 5.74) is -1.01.